The van der Waals surface area contributed by atoms with E-state index in [4.69, 9.17) is 0 Å². The Bertz CT molecular complexity index is 542. The van der Waals surface area contributed by atoms with Gasteiger partial charge < -0.3 is 0 Å². The van der Waals surface area contributed by atoms with Crippen LogP contribution in [0.25, 0.3) is 0 Å². The van der Waals surface area contributed by atoms with Gasteiger partial charge in [-0.05, 0) is 73.3 Å². The Hall–Kier alpha value is -0.850. The minimum atomic E-state index is 0.162. The van der Waals surface area contributed by atoms with Crippen LogP contribution in [0.5, 0.6) is 0 Å². The summed E-state index contributed by atoms with van der Waals surface area (Å²) in [6, 6.07) is 0. The Balaban J connectivity index is 1.76. The molecule has 0 saturated heterocycles. The molecule has 0 radical (unpaired) electrons. The van der Waals surface area contributed by atoms with Crippen molar-refractivity contribution in [1.29, 1.82) is 0 Å². The highest BCUT2D eigenvalue weighted by atomic mass is 16.1. The molecule has 114 valence electrons. The fourth-order valence-corrected chi connectivity index (χ4v) is 6.54. The van der Waals surface area contributed by atoms with E-state index in [1.807, 2.05) is 12.2 Å². The zero-order chi connectivity index (χ0) is 14.8. The molecule has 21 heavy (non-hydrogen) atoms. The van der Waals surface area contributed by atoms with Gasteiger partial charge in [0.25, 0.3) is 0 Å². The van der Waals surface area contributed by atoms with Crippen LogP contribution in [0.1, 0.15) is 59.3 Å². The molecule has 0 unspecified atom stereocenters. The molecule has 4 aliphatic carbocycles. The molecule has 6 atom stereocenters. The molecule has 1 nitrogen and oxygen atoms in total. The first-order valence-corrected chi connectivity index (χ1v) is 8.88. The summed E-state index contributed by atoms with van der Waals surface area (Å²) in [7, 11) is 0. The summed E-state index contributed by atoms with van der Waals surface area (Å²) in [6.45, 7) is 7.41. The van der Waals surface area contributed by atoms with Gasteiger partial charge in [0.05, 0.1) is 0 Å². The van der Waals surface area contributed by atoms with Crippen LogP contribution in [-0.2, 0) is 4.79 Å². The lowest BCUT2D eigenvalue weighted by molar-refractivity contribution is -0.111. The molecule has 0 N–H and O–H groups in total. The third kappa shape index (κ3) is 1.79. The smallest absolute Gasteiger partial charge is 0.178 e. The van der Waals surface area contributed by atoms with Gasteiger partial charge in [0, 0.05) is 5.41 Å². The zero-order valence-electron chi connectivity index (χ0n) is 13.7. The number of ketones is 1. The Morgan fingerprint density at radius 2 is 1.95 bits per heavy atom. The van der Waals surface area contributed by atoms with Crippen LogP contribution in [0.2, 0.25) is 0 Å². The van der Waals surface area contributed by atoms with Gasteiger partial charge in [-0.25, -0.2) is 0 Å². The molecular weight excluding hydrogens is 256 g/mol. The van der Waals surface area contributed by atoms with Crippen molar-refractivity contribution >= 4 is 5.78 Å². The van der Waals surface area contributed by atoms with Crippen molar-refractivity contribution in [3.63, 3.8) is 0 Å². The van der Waals surface area contributed by atoms with Crippen molar-refractivity contribution in [3.05, 3.63) is 23.8 Å². The van der Waals surface area contributed by atoms with Gasteiger partial charge in [0.1, 0.15) is 0 Å². The van der Waals surface area contributed by atoms with Crippen molar-refractivity contribution in [2.75, 3.05) is 0 Å². The zero-order valence-corrected chi connectivity index (χ0v) is 13.7. The monoisotopic (exact) mass is 284 g/mol. The quantitative estimate of drug-likeness (QED) is 0.616. The van der Waals surface area contributed by atoms with Crippen LogP contribution in [0.4, 0.5) is 0 Å². The first-order chi connectivity index (χ1) is 9.94. The Morgan fingerprint density at radius 1 is 1.14 bits per heavy atom. The predicted molar refractivity (Wildman–Crippen MR) is 85.8 cm³/mol. The highest BCUT2D eigenvalue weighted by Crippen LogP contribution is 2.65. The Kier molecular flexibility index (Phi) is 2.85. The van der Waals surface area contributed by atoms with Gasteiger partial charge in [-0.3, -0.25) is 4.79 Å². The molecule has 4 rings (SSSR count). The summed E-state index contributed by atoms with van der Waals surface area (Å²) in [5.74, 6) is 3.50. The maximum atomic E-state index is 11.8. The largest absolute Gasteiger partial charge is 0.290 e. The van der Waals surface area contributed by atoms with Crippen LogP contribution in [-0.4, -0.2) is 5.78 Å². The van der Waals surface area contributed by atoms with E-state index in [2.05, 4.69) is 26.8 Å². The SMILES string of the molecule is C[C@@H]1CC2=CC(=O)C=C[C@]2(C)[C@H]2CC[C@]3(C)CCC[C@H]3[C@H]12. The normalized spacial score (nSPS) is 52.0. The molecular formula is C20H28O. The highest BCUT2D eigenvalue weighted by Gasteiger charge is 2.57. The highest BCUT2D eigenvalue weighted by molar-refractivity contribution is 6.01. The van der Waals surface area contributed by atoms with Crippen molar-refractivity contribution in [3.8, 4) is 0 Å². The second-order valence-electron chi connectivity index (χ2n) is 8.74. The van der Waals surface area contributed by atoms with E-state index in [0.717, 1.165) is 30.1 Å². The van der Waals surface area contributed by atoms with E-state index in [1.54, 1.807) is 0 Å². The number of rotatable bonds is 0. The first kappa shape index (κ1) is 13.8. The van der Waals surface area contributed by atoms with E-state index in [-0.39, 0.29) is 11.2 Å². The lowest BCUT2D eigenvalue weighted by Gasteiger charge is -2.58. The van der Waals surface area contributed by atoms with Crippen LogP contribution in [0, 0.1) is 34.5 Å². The van der Waals surface area contributed by atoms with Gasteiger partial charge in [-0.15, -0.1) is 0 Å². The molecule has 3 saturated carbocycles. The first-order valence-electron chi connectivity index (χ1n) is 8.88. The van der Waals surface area contributed by atoms with Gasteiger partial charge in [-0.1, -0.05) is 38.8 Å². The second-order valence-corrected chi connectivity index (χ2v) is 8.74. The second kappa shape index (κ2) is 4.33. The average molecular weight is 284 g/mol. The van der Waals surface area contributed by atoms with E-state index >= 15 is 0 Å². The van der Waals surface area contributed by atoms with Crippen molar-refractivity contribution in [2.24, 2.45) is 34.5 Å². The molecule has 3 fully saturated rings. The van der Waals surface area contributed by atoms with Crippen molar-refractivity contribution in [1.82, 2.24) is 0 Å². The van der Waals surface area contributed by atoms with Crippen molar-refractivity contribution in [2.45, 2.75) is 59.3 Å². The van der Waals surface area contributed by atoms with Crippen LogP contribution in [0.3, 0.4) is 0 Å². The van der Waals surface area contributed by atoms with Crippen LogP contribution >= 0.6 is 0 Å². The predicted octanol–water partition coefficient (Wildman–Crippen LogP) is 4.93. The van der Waals surface area contributed by atoms with Gasteiger partial charge in [-0.2, -0.15) is 0 Å². The number of hydrogen-bond acceptors (Lipinski definition) is 1. The van der Waals surface area contributed by atoms with Crippen LogP contribution < -0.4 is 0 Å². The minimum absolute atomic E-state index is 0.162. The molecule has 0 aromatic carbocycles. The molecule has 0 aliphatic heterocycles. The number of allylic oxidation sites excluding steroid dienone is 4. The summed E-state index contributed by atoms with van der Waals surface area (Å²) in [4.78, 5) is 11.8. The van der Waals surface area contributed by atoms with E-state index in [0.29, 0.717) is 5.41 Å². The van der Waals surface area contributed by atoms with Crippen LogP contribution in [0.15, 0.2) is 23.8 Å². The lowest BCUT2D eigenvalue weighted by atomic mass is 9.46. The number of carbonyl (C=O) groups excluding carboxylic acids is 1. The van der Waals surface area contributed by atoms with Gasteiger partial charge >= 0.3 is 0 Å². The van der Waals surface area contributed by atoms with Crippen molar-refractivity contribution < 1.29 is 4.79 Å². The lowest BCUT2D eigenvalue weighted by Crippen LogP contribution is -2.51. The Labute approximate surface area is 128 Å². The summed E-state index contributed by atoms with van der Waals surface area (Å²) in [5.41, 5.74) is 2.20. The molecule has 0 spiro atoms. The summed E-state index contributed by atoms with van der Waals surface area (Å²) in [6.07, 6.45) is 14.3. The summed E-state index contributed by atoms with van der Waals surface area (Å²) in [5, 5.41) is 0. The van der Waals surface area contributed by atoms with E-state index in [9.17, 15) is 4.79 Å². The van der Waals surface area contributed by atoms with Gasteiger partial charge in [0.2, 0.25) is 0 Å². The number of carbonyl (C=O) groups is 1. The third-order valence-corrected chi connectivity index (χ3v) is 7.69. The minimum Gasteiger partial charge on any atom is -0.290 e. The van der Waals surface area contributed by atoms with E-state index in [1.165, 1.54) is 37.7 Å². The summed E-state index contributed by atoms with van der Waals surface area (Å²) >= 11 is 0. The number of hydrogen-bond donors (Lipinski definition) is 0. The fraction of sp³-hybridized carbons (Fsp3) is 0.750. The molecule has 0 aromatic heterocycles. The van der Waals surface area contributed by atoms with E-state index < -0.39 is 0 Å². The maximum Gasteiger partial charge on any atom is 0.178 e. The Morgan fingerprint density at radius 3 is 2.76 bits per heavy atom. The third-order valence-electron chi connectivity index (χ3n) is 7.69. The topological polar surface area (TPSA) is 17.1 Å². The molecule has 1 heteroatoms. The fourth-order valence-electron chi connectivity index (χ4n) is 6.54. The standard InChI is InChI=1S/C20H28O/c1-13-11-14-12-15(21)6-10-20(14,3)17-7-9-19(2)8-4-5-16(19)18(13)17/h6,10,12-13,16-18H,4-5,7-9,11H2,1-3H3/t13-,16+,17+,18+,19+,20+/m1/s1. The summed E-state index contributed by atoms with van der Waals surface area (Å²) < 4.78 is 0. The average Bonchev–Trinajstić information content (AvgIpc) is 2.82. The molecule has 4 aliphatic rings. The maximum absolute atomic E-state index is 11.8. The number of fused-ring (bicyclic) bond motifs is 5. The molecule has 0 amide bonds. The molecule has 0 heterocycles. The molecule has 0 aromatic rings. The molecule has 0 bridgehead atoms. The van der Waals surface area contributed by atoms with Gasteiger partial charge in [0.15, 0.2) is 5.78 Å².